The molecule has 0 aromatic carbocycles. The van der Waals surface area contributed by atoms with Crippen molar-refractivity contribution in [3.05, 3.63) is 21.4 Å². The molecule has 2 atom stereocenters. The van der Waals surface area contributed by atoms with Crippen LogP contribution >= 0.6 is 11.3 Å². The first-order chi connectivity index (χ1) is 7.70. The highest BCUT2D eigenvalue weighted by molar-refractivity contribution is 7.12. The molecule has 3 heteroatoms. The molecule has 16 heavy (non-hydrogen) atoms. The number of hydrogen-bond acceptors (Lipinski definition) is 3. The van der Waals surface area contributed by atoms with Crippen molar-refractivity contribution < 1.29 is 4.74 Å². The van der Waals surface area contributed by atoms with Crippen molar-refractivity contribution >= 4 is 11.3 Å². The summed E-state index contributed by atoms with van der Waals surface area (Å²) in [5, 5.41) is 3.65. The van der Waals surface area contributed by atoms with E-state index in [0.29, 0.717) is 12.1 Å². The van der Waals surface area contributed by atoms with Crippen LogP contribution in [-0.2, 0) is 11.2 Å². The van der Waals surface area contributed by atoms with Crippen molar-refractivity contribution in [2.24, 2.45) is 0 Å². The highest BCUT2D eigenvalue weighted by Gasteiger charge is 2.19. The minimum atomic E-state index is 0.454. The van der Waals surface area contributed by atoms with Crippen LogP contribution in [0, 0.1) is 6.92 Å². The Bertz CT molecular complexity index is 342. The van der Waals surface area contributed by atoms with Crippen LogP contribution in [0.1, 0.15) is 41.6 Å². The SMILES string of the molecule is CCc1sc(C(C)NC2CCOC2)cc1C. The summed E-state index contributed by atoms with van der Waals surface area (Å²) in [6, 6.07) is 3.33. The van der Waals surface area contributed by atoms with Gasteiger partial charge in [-0.15, -0.1) is 11.3 Å². The molecular weight excluding hydrogens is 218 g/mol. The first-order valence-electron chi connectivity index (χ1n) is 6.13. The number of aryl methyl sites for hydroxylation is 2. The largest absolute Gasteiger partial charge is 0.380 e. The van der Waals surface area contributed by atoms with Gasteiger partial charge in [-0.25, -0.2) is 0 Å². The molecule has 0 spiro atoms. The Kier molecular flexibility index (Phi) is 4.00. The van der Waals surface area contributed by atoms with E-state index in [1.54, 1.807) is 0 Å². The van der Waals surface area contributed by atoms with Crippen molar-refractivity contribution in [3.63, 3.8) is 0 Å². The number of rotatable bonds is 4. The molecule has 0 amide bonds. The summed E-state index contributed by atoms with van der Waals surface area (Å²) < 4.78 is 5.38. The Morgan fingerprint density at radius 2 is 2.44 bits per heavy atom. The minimum Gasteiger partial charge on any atom is -0.380 e. The maximum atomic E-state index is 5.38. The van der Waals surface area contributed by atoms with Gasteiger partial charge in [-0.2, -0.15) is 0 Å². The molecule has 1 aliphatic heterocycles. The molecule has 1 N–H and O–H groups in total. The molecule has 2 rings (SSSR count). The molecule has 0 radical (unpaired) electrons. The molecule has 0 aliphatic carbocycles. The summed E-state index contributed by atoms with van der Waals surface area (Å²) >= 11 is 1.95. The van der Waals surface area contributed by atoms with E-state index in [0.717, 1.165) is 26.1 Å². The Labute approximate surface area is 102 Å². The second kappa shape index (κ2) is 5.30. The highest BCUT2D eigenvalue weighted by Crippen LogP contribution is 2.28. The molecule has 1 aromatic heterocycles. The molecule has 2 nitrogen and oxygen atoms in total. The van der Waals surface area contributed by atoms with Crippen LogP contribution in [0.25, 0.3) is 0 Å². The summed E-state index contributed by atoms with van der Waals surface area (Å²) in [6.45, 7) is 8.47. The predicted molar refractivity (Wildman–Crippen MR) is 69.2 cm³/mol. The smallest absolute Gasteiger partial charge is 0.0620 e. The summed E-state index contributed by atoms with van der Waals surface area (Å²) in [6.07, 6.45) is 2.30. The standard InChI is InChI=1S/C13H21NOS/c1-4-12-9(2)7-13(16-12)10(3)14-11-5-6-15-8-11/h7,10-11,14H,4-6,8H2,1-3H3. The number of ether oxygens (including phenoxy) is 1. The lowest BCUT2D eigenvalue weighted by molar-refractivity contribution is 0.188. The minimum absolute atomic E-state index is 0.454. The van der Waals surface area contributed by atoms with Crippen molar-refractivity contribution in [2.75, 3.05) is 13.2 Å². The Balaban J connectivity index is 1.99. The third-order valence-corrected chi connectivity index (χ3v) is 4.77. The second-order valence-corrected chi connectivity index (χ2v) is 5.73. The zero-order valence-corrected chi connectivity index (χ0v) is 11.2. The van der Waals surface area contributed by atoms with Gasteiger partial charge >= 0.3 is 0 Å². The van der Waals surface area contributed by atoms with Crippen LogP contribution in [0.15, 0.2) is 6.07 Å². The van der Waals surface area contributed by atoms with E-state index < -0.39 is 0 Å². The van der Waals surface area contributed by atoms with Gasteiger partial charge in [0.25, 0.3) is 0 Å². The fourth-order valence-electron chi connectivity index (χ4n) is 2.21. The highest BCUT2D eigenvalue weighted by atomic mass is 32.1. The topological polar surface area (TPSA) is 21.3 Å². The molecule has 2 unspecified atom stereocenters. The molecule has 1 aromatic rings. The molecule has 2 heterocycles. The maximum absolute atomic E-state index is 5.38. The van der Waals surface area contributed by atoms with E-state index in [-0.39, 0.29) is 0 Å². The van der Waals surface area contributed by atoms with Crippen LogP contribution in [0.3, 0.4) is 0 Å². The van der Waals surface area contributed by atoms with Gasteiger partial charge in [0.1, 0.15) is 0 Å². The van der Waals surface area contributed by atoms with Crippen molar-refractivity contribution in [1.82, 2.24) is 5.32 Å². The lowest BCUT2D eigenvalue weighted by Crippen LogP contribution is -2.31. The summed E-state index contributed by atoms with van der Waals surface area (Å²) in [5.74, 6) is 0. The first kappa shape index (κ1) is 12.1. The summed E-state index contributed by atoms with van der Waals surface area (Å²) in [7, 11) is 0. The Morgan fingerprint density at radius 3 is 3.00 bits per heavy atom. The fraction of sp³-hybridized carbons (Fsp3) is 0.692. The average molecular weight is 239 g/mol. The molecule has 1 fully saturated rings. The lowest BCUT2D eigenvalue weighted by atomic mass is 10.1. The third-order valence-electron chi connectivity index (χ3n) is 3.20. The Hall–Kier alpha value is -0.380. The van der Waals surface area contributed by atoms with Crippen molar-refractivity contribution in [1.29, 1.82) is 0 Å². The third kappa shape index (κ3) is 2.65. The zero-order chi connectivity index (χ0) is 11.5. The van der Waals surface area contributed by atoms with Crippen LogP contribution in [0.4, 0.5) is 0 Å². The van der Waals surface area contributed by atoms with Gasteiger partial charge in [0, 0.05) is 28.4 Å². The van der Waals surface area contributed by atoms with Gasteiger partial charge in [0.05, 0.1) is 6.61 Å². The summed E-state index contributed by atoms with van der Waals surface area (Å²) in [4.78, 5) is 2.98. The van der Waals surface area contributed by atoms with Crippen LogP contribution in [0.5, 0.6) is 0 Å². The monoisotopic (exact) mass is 239 g/mol. The predicted octanol–water partition coefficient (Wildman–Crippen LogP) is 3.06. The van der Waals surface area contributed by atoms with E-state index in [1.165, 1.54) is 15.3 Å². The average Bonchev–Trinajstić information content (AvgIpc) is 2.87. The van der Waals surface area contributed by atoms with Gasteiger partial charge in [-0.05, 0) is 38.3 Å². The lowest BCUT2D eigenvalue weighted by Gasteiger charge is -2.16. The number of thiophene rings is 1. The Morgan fingerprint density at radius 1 is 1.62 bits per heavy atom. The van der Waals surface area contributed by atoms with E-state index in [2.05, 4.69) is 32.2 Å². The van der Waals surface area contributed by atoms with E-state index >= 15 is 0 Å². The molecule has 1 saturated heterocycles. The van der Waals surface area contributed by atoms with Gasteiger partial charge in [-0.1, -0.05) is 6.92 Å². The normalized spacial score (nSPS) is 22.6. The quantitative estimate of drug-likeness (QED) is 0.872. The molecule has 90 valence electrons. The number of hydrogen-bond donors (Lipinski definition) is 1. The second-order valence-electron chi connectivity index (χ2n) is 4.56. The van der Waals surface area contributed by atoms with Crippen LogP contribution in [0.2, 0.25) is 0 Å². The van der Waals surface area contributed by atoms with Gasteiger partial charge in [-0.3, -0.25) is 0 Å². The molecule has 0 bridgehead atoms. The van der Waals surface area contributed by atoms with Crippen molar-refractivity contribution in [3.8, 4) is 0 Å². The first-order valence-corrected chi connectivity index (χ1v) is 6.95. The van der Waals surface area contributed by atoms with E-state index in [9.17, 15) is 0 Å². The zero-order valence-electron chi connectivity index (χ0n) is 10.4. The molecular formula is C13H21NOS. The van der Waals surface area contributed by atoms with Gasteiger partial charge in [0.2, 0.25) is 0 Å². The fourth-order valence-corrected chi connectivity index (χ4v) is 3.34. The van der Waals surface area contributed by atoms with E-state index in [1.807, 2.05) is 11.3 Å². The maximum Gasteiger partial charge on any atom is 0.0620 e. The summed E-state index contributed by atoms with van der Waals surface area (Å²) in [5.41, 5.74) is 1.44. The molecule has 0 saturated carbocycles. The van der Waals surface area contributed by atoms with Crippen LogP contribution in [-0.4, -0.2) is 19.3 Å². The van der Waals surface area contributed by atoms with Crippen molar-refractivity contribution in [2.45, 2.75) is 45.7 Å². The van der Waals surface area contributed by atoms with Gasteiger partial charge < -0.3 is 10.1 Å². The van der Waals surface area contributed by atoms with Crippen LogP contribution < -0.4 is 5.32 Å². The number of nitrogens with one attached hydrogen (secondary N) is 1. The van der Waals surface area contributed by atoms with E-state index in [4.69, 9.17) is 4.74 Å². The molecule has 1 aliphatic rings. The van der Waals surface area contributed by atoms with Gasteiger partial charge in [0.15, 0.2) is 0 Å².